The van der Waals surface area contributed by atoms with Gasteiger partial charge in [0.2, 0.25) is 0 Å². The van der Waals surface area contributed by atoms with Crippen LogP contribution in [-0.2, 0) is 15.8 Å². The van der Waals surface area contributed by atoms with Gasteiger partial charge < -0.3 is 10.2 Å². The first-order valence-electron chi connectivity index (χ1n) is 7.85. The van der Waals surface area contributed by atoms with Crippen LogP contribution in [0.25, 0.3) is 11.3 Å². The Kier molecular flexibility index (Phi) is 4.66. The van der Waals surface area contributed by atoms with E-state index in [1.54, 1.807) is 6.07 Å². The Labute approximate surface area is 150 Å². The fraction of sp³-hybridized carbons (Fsp3) is 0.167. The lowest BCUT2D eigenvalue weighted by molar-refractivity contribution is -0.171. The molecule has 0 radical (unpaired) electrons. The van der Waals surface area contributed by atoms with Gasteiger partial charge in [-0.25, -0.2) is 16.8 Å². The second-order valence-electron chi connectivity index (χ2n) is 5.75. The Morgan fingerprint density at radius 1 is 1.19 bits per heavy atom. The van der Waals surface area contributed by atoms with E-state index in [9.17, 15) is 23.0 Å². The number of aliphatic hydroxyl groups is 2. The van der Waals surface area contributed by atoms with E-state index in [4.69, 9.17) is 0 Å². The zero-order chi connectivity index (χ0) is 18.9. The van der Waals surface area contributed by atoms with Gasteiger partial charge >= 0.3 is 0 Å². The largest absolute Gasteiger partial charge is 0.362 e. The minimum atomic E-state index is -4.12. The van der Waals surface area contributed by atoms with Gasteiger partial charge in [0.15, 0.2) is 5.79 Å². The minimum absolute atomic E-state index is 0.0112. The zero-order valence-electron chi connectivity index (χ0n) is 13.9. The third kappa shape index (κ3) is 3.14. The van der Waals surface area contributed by atoms with E-state index in [2.05, 4.69) is 4.98 Å². The molecule has 2 aromatic heterocycles. The molecule has 0 fully saturated rings. The number of pyridine rings is 1. The summed E-state index contributed by atoms with van der Waals surface area (Å²) in [6, 6.07) is 9.76. The maximum absolute atomic E-state index is 14.3. The second-order valence-corrected chi connectivity index (χ2v) is 7.57. The lowest BCUT2D eigenvalue weighted by atomic mass is 10.1. The molecule has 0 aliphatic heterocycles. The first kappa shape index (κ1) is 18.2. The van der Waals surface area contributed by atoms with Crippen LogP contribution in [0.5, 0.6) is 0 Å². The van der Waals surface area contributed by atoms with Crippen LogP contribution >= 0.6 is 0 Å². The molecular weight excluding hydrogens is 359 g/mol. The lowest BCUT2D eigenvalue weighted by Crippen LogP contribution is -2.23. The SMILES string of the molecule is CCC(O)(O)c1cc(-c2ccccc2F)n(S(=O)(=O)c2cccnc2)c1. The van der Waals surface area contributed by atoms with Crippen LogP contribution < -0.4 is 0 Å². The molecule has 3 rings (SSSR count). The van der Waals surface area contributed by atoms with Crippen molar-refractivity contribution in [2.75, 3.05) is 0 Å². The van der Waals surface area contributed by atoms with Crippen molar-refractivity contribution in [2.45, 2.75) is 24.0 Å². The Morgan fingerprint density at radius 3 is 2.54 bits per heavy atom. The predicted molar refractivity (Wildman–Crippen MR) is 93.1 cm³/mol. The molecule has 0 unspecified atom stereocenters. The molecule has 2 heterocycles. The highest BCUT2D eigenvalue weighted by Gasteiger charge is 2.30. The predicted octanol–water partition coefficient (Wildman–Crippen LogP) is 2.47. The van der Waals surface area contributed by atoms with Gasteiger partial charge in [0, 0.05) is 36.1 Å². The van der Waals surface area contributed by atoms with Gasteiger partial charge in [0.05, 0.1) is 5.69 Å². The number of halogens is 1. The van der Waals surface area contributed by atoms with Crippen molar-refractivity contribution in [3.05, 3.63) is 72.4 Å². The van der Waals surface area contributed by atoms with Gasteiger partial charge in [-0.3, -0.25) is 4.98 Å². The van der Waals surface area contributed by atoms with Crippen LogP contribution in [-0.4, -0.2) is 27.6 Å². The highest BCUT2D eigenvalue weighted by molar-refractivity contribution is 7.90. The molecular formula is C18H17FN2O4S. The van der Waals surface area contributed by atoms with Crippen LogP contribution in [0, 0.1) is 5.82 Å². The molecule has 1 aromatic carbocycles. The number of rotatable bonds is 5. The third-order valence-electron chi connectivity index (χ3n) is 4.08. The van der Waals surface area contributed by atoms with E-state index in [1.807, 2.05) is 0 Å². The fourth-order valence-electron chi connectivity index (χ4n) is 2.54. The molecule has 0 amide bonds. The third-order valence-corrected chi connectivity index (χ3v) is 5.74. The van der Waals surface area contributed by atoms with E-state index in [0.717, 1.165) is 10.2 Å². The molecule has 0 saturated carbocycles. The highest BCUT2D eigenvalue weighted by Crippen LogP contribution is 2.33. The smallest absolute Gasteiger partial charge is 0.269 e. The highest BCUT2D eigenvalue weighted by atomic mass is 32.2. The Bertz CT molecular complexity index is 1030. The number of hydrogen-bond acceptors (Lipinski definition) is 5. The summed E-state index contributed by atoms with van der Waals surface area (Å²) in [5.41, 5.74) is -0.0354. The van der Waals surface area contributed by atoms with Crippen LogP contribution in [0.15, 0.2) is 66.0 Å². The van der Waals surface area contributed by atoms with E-state index in [1.165, 1.54) is 55.7 Å². The summed E-state index contributed by atoms with van der Waals surface area (Å²) in [6.07, 6.45) is 3.63. The summed E-state index contributed by atoms with van der Waals surface area (Å²) in [5.74, 6) is -2.87. The van der Waals surface area contributed by atoms with E-state index >= 15 is 0 Å². The molecule has 0 saturated heterocycles. The number of aromatic nitrogens is 2. The van der Waals surface area contributed by atoms with Crippen molar-refractivity contribution >= 4 is 10.0 Å². The van der Waals surface area contributed by atoms with Crippen LogP contribution in [0.3, 0.4) is 0 Å². The number of hydrogen-bond donors (Lipinski definition) is 2. The Hall–Kier alpha value is -2.55. The molecule has 0 atom stereocenters. The molecule has 0 aliphatic rings. The molecule has 136 valence electrons. The van der Waals surface area contributed by atoms with Crippen LogP contribution in [0.4, 0.5) is 4.39 Å². The van der Waals surface area contributed by atoms with Crippen molar-refractivity contribution < 1.29 is 23.0 Å². The maximum Gasteiger partial charge on any atom is 0.269 e. The van der Waals surface area contributed by atoms with Gasteiger partial charge in [-0.15, -0.1) is 0 Å². The normalized spacial score (nSPS) is 12.3. The molecule has 6 nitrogen and oxygen atoms in total. The summed E-state index contributed by atoms with van der Waals surface area (Å²) in [7, 11) is -4.12. The topological polar surface area (TPSA) is 92.4 Å². The second kappa shape index (κ2) is 6.64. The molecule has 26 heavy (non-hydrogen) atoms. The average Bonchev–Trinajstić information content (AvgIpc) is 3.10. The minimum Gasteiger partial charge on any atom is -0.362 e. The summed E-state index contributed by atoms with van der Waals surface area (Å²) < 4.78 is 41.1. The van der Waals surface area contributed by atoms with Gasteiger partial charge in [-0.2, -0.15) is 0 Å². The first-order chi connectivity index (χ1) is 12.3. The van der Waals surface area contributed by atoms with E-state index in [-0.39, 0.29) is 28.1 Å². The molecule has 0 aliphatic carbocycles. The monoisotopic (exact) mass is 376 g/mol. The van der Waals surface area contributed by atoms with E-state index < -0.39 is 21.6 Å². The van der Waals surface area contributed by atoms with Crippen molar-refractivity contribution in [2.24, 2.45) is 0 Å². The molecule has 8 heteroatoms. The van der Waals surface area contributed by atoms with Crippen LogP contribution in [0.2, 0.25) is 0 Å². The van der Waals surface area contributed by atoms with Gasteiger partial charge in [0.25, 0.3) is 10.0 Å². The lowest BCUT2D eigenvalue weighted by Gasteiger charge is -2.17. The summed E-state index contributed by atoms with van der Waals surface area (Å²) in [6.45, 7) is 1.54. The van der Waals surface area contributed by atoms with Crippen molar-refractivity contribution in [3.8, 4) is 11.3 Å². The first-order valence-corrected chi connectivity index (χ1v) is 9.29. The molecule has 0 bridgehead atoms. The summed E-state index contributed by atoms with van der Waals surface area (Å²) >= 11 is 0. The van der Waals surface area contributed by atoms with Gasteiger partial charge in [-0.05, 0) is 30.3 Å². The molecule has 0 spiro atoms. The Morgan fingerprint density at radius 2 is 1.92 bits per heavy atom. The zero-order valence-corrected chi connectivity index (χ0v) is 14.7. The molecule has 2 N–H and O–H groups in total. The Balaban J connectivity index is 2.29. The average molecular weight is 376 g/mol. The van der Waals surface area contributed by atoms with Gasteiger partial charge in [-0.1, -0.05) is 19.1 Å². The molecule has 3 aromatic rings. The fourth-order valence-corrected chi connectivity index (χ4v) is 3.88. The summed E-state index contributed by atoms with van der Waals surface area (Å²) in [5, 5.41) is 20.3. The quantitative estimate of drug-likeness (QED) is 0.668. The van der Waals surface area contributed by atoms with Crippen LogP contribution in [0.1, 0.15) is 18.9 Å². The summed E-state index contributed by atoms with van der Waals surface area (Å²) in [4.78, 5) is 3.70. The van der Waals surface area contributed by atoms with Crippen molar-refractivity contribution in [1.82, 2.24) is 8.96 Å². The maximum atomic E-state index is 14.3. The standard InChI is InChI=1S/C18H17FN2O4S/c1-2-18(22,23)13-10-17(15-7-3-4-8-16(15)19)21(12-13)26(24,25)14-6-5-9-20-11-14/h3-12,22-23H,2H2,1H3. The number of nitrogens with zero attached hydrogens (tertiary/aromatic N) is 2. The van der Waals surface area contributed by atoms with Crippen molar-refractivity contribution in [3.63, 3.8) is 0 Å². The number of benzene rings is 1. The van der Waals surface area contributed by atoms with E-state index in [0.29, 0.717) is 0 Å². The van der Waals surface area contributed by atoms with Gasteiger partial charge in [0.1, 0.15) is 10.7 Å². The van der Waals surface area contributed by atoms with Crippen molar-refractivity contribution in [1.29, 1.82) is 0 Å².